The molecule has 7 nitrogen and oxygen atoms in total. The number of hydrogen-bond acceptors (Lipinski definition) is 5. The maximum atomic E-state index is 12.4. The minimum Gasteiger partial charge on any atom is -0.452 e. The van der Waals surface area contributed by atoms with Crippen LogP contribution in [-0.2, 0) is 30.3 Å². The van der Waals surface area contributed by atoms with Crippen LogP contribution in [-0.4, -0.2) is 41.2 Å². The molecule has 2 aliphatic rings. The SMILES string of the molecule is CCc1ccc(NC(=O)[C@H](C)OC(=O)CCN2C(=O)[C@@H]3CC=CC[C@H]3C2=O)cc1. The number of fused-ring (bicyclic) bond motifs is 1. The number of esters is 1. The number of hydrogen-bond donors (Lipinski definition) is 1. The van der Waals surface area contributed by atoms with E-state index < -0.39 is 18.0 Å². The number of carbonyl (C=O) groups excluding carboxylic acids is 4. The highest BCUT2D eigenvalue weighted by Crippen LogP contribution is 2.35. The van der Waals surface area contributed by atoms with Crippen molar-refractivity contribution in [2.75, 3.05) is 11.9 Å². The van der Waals surface area contributed by atoms with Gasteiger partial charge in [0.15, 0.2) is 6.10 Å². The standard InChI is InChI=1S/C22H26N2O5/c1-3-15-8-10-16(11-9-15)23-20(26)14(2)29-19(25)12-13-24-21(27)17-6-4-5-7-18(17)22(24)28/h4-5,8-11,14,17-18H,3,6-7,12-13H2,1-2H3,(H,23,26)/t14-,17+,18+/m0/s1. The summed E-state index contributed by atoms with van der Waals surface area (Å²) in [5.41, 5.74) is 1.78. The summed E-state index contributed by atoms with van der Waals surface area (Å²) in [6.45, 7) is 3.51. The fourth-order valence-corrected chi connectivity index (χ4v) is 3.67. The second-order valence-electron chi connectivity index (χ2n) is 7.41. The lowest BCUT2D eigenvalue weighted by Gasteiger charge is -2.16. The van der Waals surface area contributed by atoms with Crippen LogP contribution in [0.3, 0.4) is 0 Å². The quantitative estimate of drug-likeness (QED) is 0.433. The molecule has 1 saturated heterocycles. The number of amides is 3. The number of benzene rings is 1. The van der Waals surface area contributed by atoms with Gasteiger partial charge in [-0.2, -0.15) is 0 Å². The zero-order chi connectivity index (χ0) is 21.0. The van der Waals surface area contributed by atoms with E-state index in [-0.39, 0.29) is 36.6 Å². The topological polar surface area (TPSA) is 92.8 Å². The first-order valence-electron chi connectivity index (χ1n) is 10.00. The fourth-order valence-electron chi connectivity index (χ4n) is 3.67. The van der Waals surface area contributed by atoms with Crippen molar-refractivity contribution >= 4 is 29.4 Å². The second-order valence-corrected chi connectivity index (χ2v) is 7.41. The number of ether oxygens (including phenoxy) is 1. The Labute approximate surface area is 170 Å². The maximum Gasteiger partial charge on any atom is 0.308 e. The van der Waals surface area contributed by atoms with Crippen molar-refractivity contribution in [1.29, 1.82) is 0 Å². The summed E-state index contributed by atoms with van der Waals surface area (Å²) >= 11 is 0. The molecule has 0 bridgehead atoms. The van der Waals surface area contributed by atoms with E-state index in [1.807, 2.05) is 31.2 Å². The van der Waals surface area contributed by atoms with Crippen molar-refractivity contribution in [2.45, 2.75) is 45.6 Å². The number of nitrogens with one attached hydrogen (secondary N) is 1. The van der Waals surface area contributed by atoms with Crippen molar-refractivity contribution in [3.8, 4) is 0 Å². The molecule has 0 unspecified atom stereocenters. The van der Waals surface area contributed by atoms with E-state index >= 15 is 0 Å². The van der Waals surface area contributed by atoms with Crippen LogP contribution in [0.5, 0.6) is 0 Å². The molecule has 0 spiro atoms. The van der Waals surface area contributed by atoms with Gasteiger partial charge in [0, 0.05) is 12.2 Å². The van der Waals surface area contributed by atoms with E-state index in [1.165, 1.54) is 6.92 Å². The molecule has 29 heavy (non-hydrogen) atoms. The first kappa shape index (κ1) is 20.8. The fraction of sp³-hybridized carbons (Fsp3) is 0.455. The number of rotatable bonds is 7. The van der Waals surface area contributed by atoms with Crippen LogP contribution in [0, 0.1) is 11.8 Å². The molecule has 1 aliphatic heterocycles. The Morgan fingerprint density at radius 1 is 1.10 bits per heavy atom. The van der Waals surface area contributed by atoms with Crippen LogP contribution >= 0.6 is 0 Å². The molecule has 3 amide bonds. The van der Waals surface area contributed by atoms with E-state index in [2.05, 4.69) is 5.32 Å². The van der Waals surface area contributed by atoms with Crippen molar-refractivity contribution in [3.05, 3.63) is 42.0 Å². The van der Waals surface area contributed by atoms with Gasteiger partial charge in [-0.1, -0.05) is 31.2 Å². The molecular formula is C22H26N2O5. The Balaban J connectivity index is 1.46. The van der Waals surface area contributed by atoms with E-state index in [9.17, 15) is 19.2 Å². The molecule has 1 fully saturated rings. The summed E-state index contributed by atoms with van der Waals surface area (Å²) in [4.78, 5) is 50.3. The van der Waals surface area contributed by atoms with Crippen LogP contribution in [0.1, 0.15) is 38.7 Å². The molecule has 3 atom stereocenters. The number of nitrogens with zero attached hydrogens (tertiary/aromatic N) is 1. The van der Waals surface area contributed by atoms with Gasteiger partial charge in [0.1, 0.15) is 0 Å². The minimum atomic E-state index is -0.981. The van der Waals surface area contributed by atoms with Crippen molar-refractivity contribution < 1.29 is 23.9 Å². The second kappa shape index (κ2) is 9.03. The zero-order valence-corrected chi connectivity index (χ0v) is 16.7. The summed E-state index contributed by atoms with van der Waals surface area (Å²) in [7, 11) is 0. The van der Waals surface area contributed by atoms with E-state index in [1.54, 1.807) is 12.1 Å². The molecule has 1 aromatic rings. The highest BCUT2D eigenvalue weighted by Gasteiger charge is 2.47. The van der Waals surface area contributed by atoms with Crippen LogP contribution in [0.4, 0.5) is 5.69 Å². The average Bonchev–Trinajstić information content (AvgIpc) is 2.97. The molecule has 0 aromatic heterocycles. The number of anilines is 1. The molecule has 1 N–H and O–H groups in total. The first-order chi connectivity index (χ1) is 13.9. The maximum absolute atomic E-state index is 12.4. The third kappa shape index (κ3) is 4.72. The summed E-state index contributed by atoms with van der Waals surface area (Å²) in [6.07, 6.45) is 4.75. The van der Waals surface area contributed by atoms with Crippen molar-refractivity contribution in [2.24, 2.45) is 11.8 Å². The van der Waals surface area contributed by atoms with Crippen LogP contribution < -0.4 is 5.32 Å². The van der Waals surface area contributed by atoms with E-state index in [0.717, 1.165) is 16.9 Å². The van der Waals surface area contributed by atoms with Crippen LogP contribution in [0.2, 0.25) is 0 Å². The third-order valence-electron chi connectivity index (χ3n) is 5.45. The lowest BCUT2D eigenvalue weighted by Crippen LogP contribution is -2.35. The van der Waals surface area contributed by atoms with Gasteiger partial charge >= 0.3 is 5.97 Å². The number of carbonyl (C=O) groups is 4. The predicted molar refractivity (Wildman–Crippen MR) is 107 cm³/mol. The van der Waals surface area contributed by atoms with Gasteiger partial charge in [0.2, 0.25) is 11.8 Å². The molecule has 0 radical (unpaired) electrons. The third-order valence-corrected chi connectivity index (χ3v) is 5.45. The van der Waals surface area contributed by atoms with Gasteiger partial charge < -0.3 is 10.1 Å². The summed E-state index contributed by atoms with van der Waals surface area (Å²) in [5, 5.41) is 2.70. The average molecular weight is 398 g/mol. The van der Waals surface area contributed by atoms with Gasteiger partial charge in [-0.05, 0) is 43.9 Å². The van der Waals surface area contributed by atoms with Crippen LogP contribution in [0.15, 0.2) is 36.4 Å². The Hall–Kier alpha value is -2.96. The molecule has 3 rings (SSSR count). The molecular weight excluding hydrogens is 372 g/mol. The van der Waals surface area contributed by atoms with Gasteiger partial charge in [0.05, 0.1) is 18.3 Å². The lowest BCUT2D eigenvalue weighted by atomic mass is 9.85. The monoisotopic (exact) mass is 398 g/mol. The molecule has 7 heteroatoms. The normalized spacial score (nSPS) is 21.7. The molecule has 1 heterocycles. The smallest absolute Gasteiger partial charge is 0.308 e. The van der Waals surface area contributed by atoms with E-state index in [4.69, 9.17) is 4.74 Å². The highest BCUT2D eigenvalue weighted by molar-refractivity contribution is 6.05. The number of likely N-dealkylation sites (tertiary alicyclic amines) is 1. The molecule has 1 aromatic carbocycles. The Kier molecular flexibility index (Phi) is 6.46. The van der Waals surface area contributed by atoms with Gasteiger partial charge in [-0.3, -0.25) is 24.1 Å². The summed E-state index contributed by atoms with van der Waals surface area (Å²) in [5.74, 6) is -2.13. The predicted octanol–water partition coefficient (Wildman–Crippen LogP) is 2.46. The van der Waals surface area contributed by atoms with Gasteiger partial charge in [-0.15, -0.1) is 0 Å². The number of imide groups is 1. The van der Waals surface area contributed by atoms with Gasteiger partial charge in [0.25, 0.3) is 5.91 Å². The lowest BCUT2D eigenvalue weighted by molar-refractivity contribution is -0.154. The molecule has 1 aliphatic carbocycles. The zero-order valence-electron chi connectivity index (χ0n) is 16.7. The summed E-state index contributed by atoms with van der Waals surface area (Å²) < 4.78 is 5.17. The van der Waals surface area contributed by atoms with Crippen molar-refractivity contribution in [3.63, 3.8) is 0 Å². The summed E-state index contributed by atoms with van der Waals surface area (Å²) in [6, 6.07) is 7.43. The Bertz CT molecular complexity index is 804. The van der Waals surface area contributed by atoms with Gasteiger partial charge in [-0.25, -0.2) is 0 Å². The Morgan fingerprint density at radius 2 is 1.69 bits per heavy atom. The largest absolute Gasteiger partial charge is 0.452 e. The van der Waals surface area contributed by atoms with Crippen LogP contribution in [0.25, 0.3) is 0 Å². The Morgan fingerprint density at radius 3 is 2.24 bits per heavy atom. The first-order valence-corrected chi connectivity index (χ1v) is 10.00. The van der Waals surface area contributed by atoms with E-state index in [0.29, 0.717) is 18.5 Å². The number of aryl methyl sites for hydroxylation is 1. The van der Waals surface area contributed by atoms with Crippen molar-refractivity contribution in [1.82, 2.24) is 4.90 Å². The number of allylic oxidation sites excluding steroid dienone is 2. The molecule has 154 valence electrons. The molecule has 0 saturated carbocycles. The highest BCUT2D eigenvalue weighted by atomic mass is 16.5. The minimum absolute atomic E-state index is 0.0175.